The standard InChI is InChI=1S/C12H13N5O2/c1-13-11(18)15-9-2-4-10(5-3-9)16-12(19)17-7-6-14-8-17/h2-8H,1H3,(H,16,19)(H2,13,15,18). The Morgan fingerprint density at radius 3 is 2.26 bits per heavy atom. The molecule has 2 aromatic rings. The number of rotatable bonds is 2. The van der Waals surface area contributed by atoms with Crippen molar-refractivity contribution in [3.8, 4) is 0 Å². The van der Waals surface area contributed by atoms with E-state index in [0.717, 1.165) is 0 Å². The second-order valence-electron chi connectivity index (χ2n) is 3.68. The van der Waals surface area contributed by atoms with Crippen LogP contribution in [0.2, 0.25) is 0 Å². The van der Waals surface area contributed by atoms with E-state index in [2.05, 4.69) is 20.9 Å². The molecule has 0 saturated carbocycles. The molecular formula is C12H13N5O2. The molecule has 1 aromatic heterocycles. The van der Waals surface area contributed by atoms with Crippen LogP contribution in [-0.4, -0.2) is 28.7 Å². The summed E-state index contributed by atoms with van der Waals surface area (Å²) < 4.78 is 1.33. The van der Waals surface area contributed by atoms with Crippen molar-refractivity contribution < 1.29 is 9.59 Å². The summed E-state index contributed by atoms with van der Waals surface area (Å²) in [6.07, 6.45) is 4.49. The molecule has 0 bridgehead atoms. The lowest BCUT2D eigenvalue weighted by molar-refractivity contribution is 0.252. The average Bonchev–Trinajstić information content (AvgIpc) is 2.95. The minimum absolute atomic E-state index is 0.296. The minimum Gasteiger partial charge on any atom is -0.341 e. The molecule has 0 atom stereocenters. The van der Waals surface area contributed by atoms with Crippen LogP contribution in [0.3, 0.4) is 0 Å². The molecule has 3 N–H and O–H groups in total. The van der Waals surface area contributed by atoms with Crippen molar-refractivity contribution in [2.45, 2.75) is 0 Å². The lowest BCUT2D eigenvalue weighted by atomic mass is 10.3. The summed E-state index contributed by atoms with van der Waals surface area (Å²) in [5.74, 6) is 0. The lowest BCUT2D eigenvalue weighted by Gasteiger charge is -2.07. The van der Waals surface area contributed by atoms with Gasteiger partial charge in [0.05, 0.1) is 0 Å². The highest BCUT2D eigenvalue weighted by atomic mass is 16.2. The molecule has 2 rings (SSSR count). The van der Waals surface area contributed by atoms with E-state index in [1.54, 1.807) is 30.5 Å². The Balaban J connectivity index is 1.99. The molecule has 0 aliphatic heterocycles. The fraction of sp³-hybridized carbons (Fsp3) is 0.0833. The van der Waals surface area contributed by atoms with Gasteiger partial charge in [0, 0.05) is 30.8 Å². The zero-order valence-electron chi connectivity index (χ0n) is 10.3. The first-order chi connectivity index (χ1) is 9.19. The largest absolute Gasteiger partial charge is 0.341 e. The van der Waals surface area contributed by atoms with E-state index in [-0.39, 0.29) is 12.1 Å². The highest BCUT2D eigenvalue weighted by Crippen LogP contribution is 2.13. The van der Waals surface area contributed by atoms with Gasteiger partial charge in [-0.25, -0.2) is 14.6 Å². The fourth-order valence-electron chi connectivity index (χ4n) is 1.40. The van der Waals surface area contributed by atoms with Crippen molar-refractivity contribution in [2.75, 3.05) is 17.7 Å². The monoisotopic (exact) mass is 259 g/mol. The third kappa shape index (κ3) is 3.32. The molecular weight excluding hydrogens is 246 g/mol. The molecule has 7 heteroatoms. The highest BCUT2D eigenvalue weighted by Gasteiger charge is 2.04. The molecule has 0 unspecified atom stereocenters. The van der Waals surface area contributed by atoms with Crippen LogP contribution in [-0.2, 0) is 0 Å². The number of anilines is 2. The first-order valence-electron chi connectivity index (χ1n) is 5.57. The maximum Gasteiger partial charge on any atom is 0.331 e. The van der Waals surface area contributed by atoms with Crippen molar-refractivity contribution in [3.63, 3.8) is 0 Å². The van der Waals surface area contributed by atoms with Crippen molar-refractivity contribution >= 4 is 23.4 Å². The minimum atomic E-state index is -0.301. The predicted octanol–water partition coefficient (Wildman–Crippen LogP) is 1.71. The number of amides is 3. The van der Waals surface area contributed by atoms with Crippen LogP contribution in [0.4, 0.5) is 21.0 Å². The van der Waals surface area contributed by atoms with Crippen LogP contribution in [0.25, 0.3) is 0 Å². The number of imidazole rings is 1. The number of hydrogen-bond donors (Lipinski definition) is 3. The van der Waals surface area contributed by atoms with Crippen LogP contribution in [0, 0.1) is 0 Å². The molecule has 0 aliphatic rings. The quantitative estimate of drug-likeness (QED) is 0.767. The van der Waals surface area contributed by atoms with Crippen LogP contribution in [0.5, 0.6) is 0 Å². The number of carbonyl (C=O) groups excluding carboxylic acids is 2. The Morgan fingerprint density at radius 2 is 1.74 bits per heavy atom. The third-order valence-corrected chi connectivity index (χ3v) is 2.36. The van der Waals surface area contributed by atoms with Gasteiger partial charge in [0.15, 0.2) is 0 Å². The summed E-state index contributed by atoms with van der Waals surface area (Å²) in [5.41, 5.74) is 1.26. The number of urea groups is 1. The fourth-order valence-corrected chi connectivity index (χ4v) is 1.40. The smallest absolute Gasteiger partial charge is 0.331 e. The Kier molecular flexibility index (Phi) is 3.77. The number of nitrogens with zero attached hydrogens (tertiary/aromatic N) is 2. The lowest BCUT2D eigenvalue weighted by Crippen LogP contribution is -2.24. The predicted molar refractivity (Wildman–Crippen MR) is 71.2 cm³/mol. The van der Waals surface area contributed by atoms with E-state index in [9.17, 15) is 9.59 Å². The van der Waals surface area contributed by atoms with Crippen molar-refractivity contribution in [3.05, 3.63) is 43.0 Å². The Morgan fingerprint density at radius 1 is 1.11 bits per heavy atom. The number of nitrogens with one attached hydrogen (secondary N) is 3. The topological polar surface area (TPSA) is 88.0 Å². The Hall–Kier alpha value is -2.83. The molecule has 0 radical (unpaired) electrons. The van der Waals surface area contributed by atoms with Gasteiger partial charge >= 0.3 is 12.1 Å². The van der Waals surface area contributed by atoms with Crippen molar-refractivity contribution in [1.29, 1.82) is 0 Å². The molecule has 0 aliphatic carbocycles. The van der Waals surface area contributed by atoms with Gasteiger partial charge in [-0.2, -0.15) is 0 Å². The zero-order chi connectivity index (χ0) is 13.7. The average molecular weight is 259 g/mol. The SMILES string of the molecule is CNC(=O)Nc1ccc(NC(=O)n2ccnc2)cc1. The van der Waals surface area contributed by atoms with Crippen LogP contribution < -0.4 is 16.0 Å². The molecule has 3 amide bonds. The van der Waals surface area contributed by atoms with Crippen molar-refractivity contribution in [1.82, 2.24) is 14.9 Å². The van der Waals surface area contributed by atoms with Crippen LogP contribution in [0.1, 0.15) is 0 Å². The zero-order valence-corrected chi connectivity index (χ0v) is 10.3. The van der Waals surface area contributed by atoms with E-state index < -0.39 is 0 Å². The van der Waals surface area contributed by atoms with E-state index in [0.29, 0.717) is 11.4 Å². The normalized spacial score (nSPS) is 9.74. The first kappa shape index (κ1) is 12.6. The number of aromatic nitrogens is 2. The molecule has 19 heavy (non-hydrogen) atoms. The Labute approximate surface area is 109 Å². The second-order valence-corrected chi connectivity index (χ2v) is 3.68. The second kappa shape index (κ2) is 5.67. The van der Waals surface area contributed by atoms with Crippen LogP contribution >= 0.6 is 0 Å². The van der Waals surface area contributed by atoms with Gasteiger partial charge in [0.2, 0.25) is 0 Å². The van der Waals surface area contributed by atoms with Gasteiger partial charge in [-0.3, -0.25) is 4.57 Å². The molecule has 0 fully saturated rings. The maximum atomic E-state index is 11.7. The number of carbonyl (C=O) groups is 2. The van der Waals surface area contributed by atoms with E-state index in [1.807, 2.05) is 0 Å². The van der Waals surface area contributed by atoms with E-state index in [4.69, 9.17) is 0 Å². The number of benzene rings is 1. The van der Waals surface area contributed by atoms with Gasteiger partial charge in [-0.05, 0) is 24.3 Å². The number of hydrogen-bond acceptors (Lipinski definition) is 3. The molecule has 7 nitrogen and oxygen atoms in total. The molecule has 1 aromatic carbocycles. The van der Waals surface area contributed by atoms with Gasteiger partial charge in [-0.15, -0.1) is 0 Å². The summed E-state index contributed by atoms with van der Waals surface area (Å²) in [5, 5.41) is 7.77. The van der Waals surface area contributed by atoms with Crippen LogP contribution in [0.15, 0.2) is 43.0 Å². The summed E-state index contributed by atoms with van der Waals surface area (Å²) >= 11 is 0. The summed E-state index contributed by atoms with van der Waals surface area (Å²) in [6.45, 7) is 0. The van der Waals surface area contributed by atoms with E-state index >= 15 is 0 Å². The Bertz CT molecular complexity index is 562. The van der Waals surface area contributed by atoms with Gasteiger partial charge in [0.1, 0.15) is 6.33 Å². The molecule has 0 spiro atoms. The van der Waals surface area contributed by atoms with Crippen molar-refractivity contribution in [2.24, 2.45) is 0 Å². The van der Waals surface area contributed by atoms with E-state index in [1.165, 1.54) is 24.1 Å². The van der Waals surface area contributed by atoms with Gasteiger partial charge in [-0.1, -0.05) is 0 Å². The molecule has 0 saturated heterocycles. The molecule has 1 heterocycles. The third-order valence-electron chi connectivity index (χ3n) is 2.36. The maximum absolute atomic E-state index is 11.7. The van der Waals surface area contributed by atoms with Gasteiger partial charge < -0.3 is 16.0 Å². The van der Waals surface area contributed by atoms with Gasteiger partial charge in [0.25, 0.3) is 0 Å². The first-order valence-corrected chi connectivity index (χ1v) is 5.57. The summed E-state index contributed by atoms with van der Waals surface area (Å²) in [4.78, 5) is 26.6. The summed E-state index contributed by atoms with van der Waals surface area (Å²) in [6, 6.07) is 6.18. The molecule has 98 valence electrons. The highest BCUT2D eigenvalue weighted by molar-refractivity contribution is 5.92. The summed E-state index contributed by atoms with van der Waals surface area (Å²) in [7, 11) is 1.54.